The van der Waals surface area contributed by atoms with Crippen LogP contribution in [0.2, 0.25) is 0 Å². The summed E-state index contributed by atoms with van der Waals surface area (Å²) < 4.78 is 16.9. The quantitative estimate of drug-likeness (QED) is 0.509. The number of hydrogen-bond donors (Lipinski definition) is 1. The number of aromatic nitrogens is 2. The molecule has 1 aliphatic heterocycles. The van der Waals surface area contributed by atoms with Crippen molar-refractivity contribution in [2.75, 3.05) is 7.11 Å². The summed E-state index contributed by atoms with van der Waals surface area (Å²) >= 11 is 1.11. The highest BCUT2D eigenvalue weighted by atomic mass is 32.1. The van der Waals surface area contributed by atoms with Crippen molar-refractivity contribution in [3.05, 3.63) is 64.9 Å². The van der Waals surface area contributed by atoms with E-state index in [9.17, 15) is 9.59 Å². The number of pyridine rings is 1. The number of esters is 1. The summed E-state index contributed by atoms with van der Waals surface area (Å²) in [5.41, 5.74) is 1.61. The van der Waals surface area contributed by atoms with Crippen molar-refractivity contribution >= 4 is 23.2 Å². The third-order valence-electron chi connectivity index (χ3n) is 5.53. The van der Waals surface area contributed by atoms with Crippen molar-refractivity contribution in [2.45, 2.75) is 45.8 Å². The van der Waals surface area contributed by atoms with Crippen LogP contribution in [-0.4, -0.2) is 35.0 Å². The average molecular weight is 482 g/mol. The Morgan fingerprint density at radius 3 is 2.76 bits per heavy atom. The van der Waals surface area contributed by atoms with Gasteiger partial charge in [0.1, 0.15) is 28.5 Å². The molecule has 1 aromatic carbocycles. The standard InChI is InChI=1S/C25H27N3O5S/c1-25(2,3)21(23(30)31-4)28-22(29)20-14-27-24(34-20)32-17-8-10-18-15(12-17)7-9-19(33-18)16-6-5-11-26-13-16/h5-6,8,10-14,19,21H,7,9H2,1-4H3,(H,28,29)/t19-,21?/m0/s1. The fourth-order valence-corrected chi connectivity index (χ4v) is 4.38. The zero-order valence-corrected chi connectivity index (χ0v) is 20.3. The van der Waals surface area contributed by atoms with Crippen LogP contribution in [0.25, 0.3) is 0 Å². The lowest BCUT2D eigenvalue weighted by Gasteiger charge is -2.28. The van der Waals surface area contributed by atoms with E-state index in [4.69, 9.17) is 14.2 Å². The Kier molecular flexibility index (Phi) is 6.83. The van der Waals surface area contributed by atoms with Crippen LogP contribution < -0.4 is 14.8 Å². The summed E-state index contributed by atoms with van der Waals surface area (Å²) in [5, 5.41) is 3.07. The molecule has 178 valence electrons. The number of nitrogens with zero attached hydrogens (tertiary/aromatic N) is 2. The fourth-order valence-electron chi connectivity index (χ4n) is 3.69. The molecule has 9 heteroatoms. The Morgan fingerprint density at radius 1 is 1.24 bits per heavy atom. The second-order valence-electron chi connectivity index (χ2n) is 9.09. The van der Waals surface area contributed by atoms with Crippen LogP contribution in [0.1, 0.15) is 54.1 Å². The van der Waals surface area contributed by atoms with E-state index in [2.05, 4.69) is 15.3 Å². The second kappa shape index (κ2) is 9.80. The molecule has 0 saturated carbocycles. The fraction of sp³-hybridized carbons (Fsp3) is 0.360. The topological polar surface area (TPSA) is 99.6 Å². The van der Waals surface area contributed by atoms with Gasteiger partial charge in [0.05, 0.1) is 13.3 Å². The summed E-state index contributed by atoms with van der Waals surface area (Å²) in [4.78, 5) is 33.5. The maximum atomic E-state index is 12.7. The summed E-state index contributed by atoms with van der Waals surface area (Å²) in [5.74, 6) is 0.537. The Balaban J connectivity index is 1.42. The van der Waals surface area contributed by atoms with Gasteiger partial charge in [-0.1, -0.05) is 38.2 Å². The van der Waals surface area contributed by atoms with Crippen molar-refractivity contribution < 1.29 is 23.8 Å². The van der Waals surface area contributed by atoms with Gasteiger partial charge in [-0.3, -0.25) is 9.78 Å². The number of hydrogen-bond acceptors (Lipinski definition) is 8. The van der Waals surface area contributed by atoms with Crippen molar-refractivity contribution in [2.24, 2.45) is 5.41 Å². The lowest BCUT2D eigenvalue weighted by Crippen LogP contribution is -2.49. The number of carbonyl (C=O) groups is 2. The molecule has 0 spiro atoms. The Bertz CT molecular complexity index is 1170. The molecule has 1 N–H and O–H groups in total. The van der Waals surface area contributed by atoms with E-state index in [1.807, 2.05) is 57.3 Å². The summed E-state index contributed by atoms with van der Waals surface area (Å²) in [6.45, 7) is 5.57. The van der Waals surface area contributed by atoms with Crippen molar-refractivity contribution in [3.63, 3.8) is 0 Å². The third kappa shape index (κ3) is 5.36. The molecule has 8 nitrogen and oxygen atoms in total. The molecule has 0 radical (unpaired) electrons. The Hall–Kier alpha value is -3.46. The molecule has 0 saturated heterocycles. The van der Waals surface area contributed by atoms with E-state index < -0.39 is 23.3 Å². The van der Waals surface area contributed by atoms with Gasteiger partial charge in [-0.15, -0.1) is 0 Å². The van der Waals surface area contributed by atoms with Crippen LogP contribution in [-0.2, 0) is 16.0 Å². The van der Waals surface area contributed by atoms with Gasteiger partial charge in [0, 0.05) is 18.0 Å². The van der Waals surface area contributed by atoms with Gasteiger partial charge in [0.25, 0.3) is 11.1 Å². The minimum atomic E-state index is -0.785. The highest BCUT2D eigenvalue weighted by molar-refractivity contribution is 7.15. The number of fused-ring (bicyclic) bond motifs is 1. The van der Waals surface area contributed by atoms with Crippen LogP contribution in [0.4, 0.5) is 0 Å². The van der Waals surface area contributed by atoms with Gasteiger partial charge in [-0.05, 0) is 48.1 Å². The second-order valence-corrected chi connectivity index (χ2v) is 10.1. The number of benzene rings is 1. The van der Waals surface area contributed by atoms with Crippen LogP contribution in [0.15, 0.2) is 48.9 Å². The first kappa shape index (κ1) is 23.7. The molecule has 0 fully saturated rings. The van der Waals surface area contributed by atoms with Gasteiger partial charge >= 0.3 is 5.97 Å². The minimum Gasteiger partial charge on any atom is -0.485 e. The summed E-state index contributed by atoms with van der Waals surface area (Å²) in [7, 11) is 1.30. The van der Waals surface area contributed by atoms with Crippen molar-refractivity contribution in [1.29, 1.82) is 0 Å². The number of nitrogens with one attached hydrogen (secondary N) is 1. The molecule has 1 unspecified atom stereocenters. The number of rotatable bonds is 6. The van der Waals surface area contributed by atoms with Gasteiger partial charge in [0.2, 0.25) is 0 Å². The molecule has 2 atom stereocenters. The SMILES string of the molecule is COC(=O)C(NC(=O)c1cnc(Oc2ccc3c(c2)CC[C@@H](c2cccnc2)O3)s1)C(C)(C)C. The van der Waals surface area contributed by atoms with Gasteiger partial charge in [-0.25, -0.2) is 9.78 Å². The molecule has 0 bridgehead atoms. The van der Waals surface area contributed by atoms with E-state index in [1.165, 1.54) is 13.3 Å². The number of carbonyl (C=O) groups excluding carboxylic acids is 2. The van der Waals surface area contributed by atoms with Crippen molar-refractivity contribution in [3.8, 4) is 16.7 Å². The maximum absolute atomic E-state index is 12.7. The monoisotopic (exact) mass is 481 g/mol. The normalized spacial score (nSPS) is 16.1. The van der Waals surface area contributed by atoms with E-state index in [1.54, 1.807) is 6.20 Å². The lowest BCUT2D eigenvalue weighted by molar-refractivity contribution is -0.145. The highest BCUT2D eigenvalue weighted by Gasteiger charge is 2.34. The average Bonchev–Trinajstić information content (AvgIpc) is 3.30. The molecule has 0 aliphatic carbocycles. The molecule has 3 aromatic rings. The summed E-state index contributed by atoms with van der Waals surface area (Å²) in [6, 6.07) is 8.78. The molecule has 34 heavy (non-hydrogen) atoms. The zero-order chi connectivity index (χ0) is 24.3. The third-order valence-corrected chi connectivity index (χ3v) is 6.40. The predicted octanol–water partition coefficient (Wildman–Crippen LogP) is 4.71. The first-order valence-electron chi connectivity index (χ1n) is 11.0. The van der Waals surface area contributed by atoms with Gasteiger partial charge in [0.15, 0.2) is 0 Å². The lowest BCUT2D eigenvalue weighted by atomic mass is 9.86. The molecular formula is C25H27N3O5S. The molecular weight excluding hydrogens is 454 g/mol. The van der Waals surface area contributed by atoms with Crippen LogP contribution in [0.5, 0.6) is 16.7 Å². The molecule has 4 rings (SSSR count). The van der Waals surface area contributed by atoms with Crippen LogP contribution >= 0.6 is 11.3 Å². The number of amides is 1. The molecule has 2 aromatic heterocycles. The van der Waals surface area contributed by atoms with Crippen LogP contribution in [0.3, 0.4) is 0 Å². The number of ether oxygens (including phenoxy) is 3. The summed E-state index contributed by atoms with van der Waals surface area (Å²) in [6.07, 6.45) is 6.69. The van der Waals surface area contributed by atoms with E-state index in [0.717, 1.165) is 41.1 Å². The molecule has 3 heterocycles. The first-order chi connectivity index (χ1) is 16.2. The maximum Gasteiger partial charge on any atom is 0.328 e. The smallest absolute Gasteiger partial charge is 0.328 e. The first-order valence-corrected chi connectivity index (χ1v) is 11.8. The zero-order valence-electron chi connectivity index (χ0n) is 19.5. The van der Waals surface area contributed by atoms with E-state index in [-0.39, 0.29) is 6.10 Å². The van der Waals surface area contributed by atoms with Crippen molar-refractivity contribution in [1.82, 2.24) is 15.3 Å². The van der Waals surface area contributed by atoms with E-state index >= 15 is 0 Å². The largest absolute Gasteiger partial charge is 0.485 e. The highest BCUT2D eigenvalue weighted by Crippen LogP contribution is 2.38. The van der Waals surface area contributed by atoms with Gasteiger partial charge < -0.3 is 19.5 Å². The van der Waals surface area contributed by atoms with E-state index in [0.29, 0.717) is 15.8 Å². The predicted molar refractivity (Wildman–Crippen MR) is 127 cm³/mol. The Labute approximate surface area is 202 Å². The number of thiazole rings is 1. The minimum absolute atomic E-state index is 0.0186. The molecule has 1 aliphatic rings. The number of methoxy groups -OCH3 is 1. The van der Waals surface area contributed by atoms with Gasteiger partial charge in [-0.2, -0.15) is 0 Å². The number of aryl methyl sites for hydroxylation is 1. The van der Waals surface area contributed by atoms with Crippen LogP contribution in [0, 0.1) is 5.41 Å². The Morgan fingerprint density at radius 2 is 2.06 bits per heavy atom. The molecule has 1 amide bonds.